The molecule has 0 heterocycles. The van der Waals surface area contributed by atoms with Gasteiger partial charge in [-0.25, -0.2) is 0 Å². The molecule has 1 aromatic carbocycles. The van der Waals surface area contributed by atoms with Gasteiger partial charge < -0.3 is 5.11 Å². The van der Waals surface area contributed by atoms with Crippen molar-refractivity contribution in [1.29, 1.82) is 0 Å². The Balaban J connectivity index is 3.01. The van der Waals surface area contributed by atoms with E-state index in [1.165, 1.54) is 0 Å². The topological polar surface area (TPSA) is 20.2 Å². The standard InChI is InChI=1S/C10H13ClO/c1-3-7(2)9-5-4-8(12)6-10(9)11/h4-7,12H,3H2,1-2H3. The zero-order valence-corrected chi connectivity index (χ0v) is 8.10. The minimum absolute atomic E-state index is 0.229. The van der Waals surface area contributed by atoms with Crippen LogP contribution in [0.3, 0.4) is 0 Å². The van der Waals surface area contributed by atoms with Gasteiger partial charge in [-0.3, -0.25) is 0 Å². The van der Waals surface area contributed by atoms with Crippen LogP contribution in [0.25, 0.3) is 0 Å². The van der Waals surface area contributed by atoms with Crippen LogP contribution in [0, 0.1) is 0 Å². The molecule has 0 radical (unpaired) electrons. The summed E-state index contributed by atoms with van der Waals surface area (Å²) in [7, 11) is 0. The summed E-state index contributed by atoms with van der Waals surface area (Å²) in [6.45, 7) is 4.24. The first-order chi connectivity index (χ1) is 5.65. The van der Waals surface area contributed by atoms with Crippen LogP contribution in [0.4, 0.5) is 0 Å². The van der Waals surface area contributed by atoms with E-state index in [0.29, 0.717) is 10.9 Å². The van der Waals surface area contributed by atoms with Crippen molar-refractivity contribution >= 4 is 11.6 Å². The van der Waals surface area contributed by atoms with E-state index in [0.717, 1.165) is 12.0 Å². The summed E-state index contributed by atoms with van der Waals surface area (Å²) < 4.78 is 0. The second-order valence-corrected chi connectivity index (χ2v) is 3.42. The van der Waals surface area contributed by atoms with Gasteiger partial charge in [-0.15, -0.1) is 0 Å². The average Bonchev–Trinajstić information content (AvgIpc) is 2.03. The van der Waals surface area contributed by atoms with Crippen LogP contribution in [0.15, 0.2) is 18.2 Å². The van der Waals surface area contributed by atoms with Crippen LogP contribution in [0.5, 0.6) is 5.75 Å². The largest absolute Gasteiger partial charge is 0.508 e. The Morgan fingerprint density at radius 1 is 1.50 bits per heavy atom. The monoisotopic (exact) mass is 184 g/mol. The van der Waals surface area contributed by atoms with E-state index in [1.807, 2.05) is 6.07 Å². The zero-order valence-electron chi connectivity index (χ0n) is 7.34. The molecule has 0 aliphatic carbocycles. The average molecular weight is 185 g/mol. The first-order valence-electron chi connectivity index (χ1n) is 4.13. The molecule has 0 amide bonds. The highest BCUT2D eigenvalue weighted by Gasteiger charge is 2.07. The molecule has 1 rings (SSSR count). The predicted molar refractivity (Wildman–Crippen MR) is 51.8 cm³/mol. The lowest BCUT2D eigenvalue weighted by Crippen LogP contribution is -1.91. The van der Waals surface area contributed by atoms with Crippen LogP contribution >= 0.6 is 11.6 Å². The molecule has 2 heteroatoms. The third kappa shape index (κ3) is 1.92. The molecule has 12 heavy (non-hydrogen) atoms. The first-order valence-corrected chi connectivity index (χ1v) is 4.51. The molecule has 66 valence electrons. The molecule has 0 aliphatic heterocycles. The van der Waals surface area contributed by atoms with Crippen LogP contribution in [-0.2, 0) is 0 Å². The number of aromatic hydroxyl groups is 1. The molecule has 0 bridgehead atoms. The Bertz CT molecular complexity index is 271. The zero-order chi connectivity index (χ0) is 9.14. The van der Waals surface area contributed by atoms with Crippen molar-refractivity contribution in [2.24, 2.45) is 0 Å². The van der Waals surface area contributed by atoms with Gasteiger partial charge >= 0.3 is 0 Å². The number of benzene rings is 1. The number of phenols is 1. The van der Waals surface area contributed by atoms with Crippen molar-refractivity contribution in [3.8, 4) is 5.75 Å². The van der Waals surface area contributed by atoms with Crippen molar-refractivity contribution in [2.45, 2.75) is 26.2 Å². The lowest BCUT2D eigenvalue weighted by atomic mass is 9.99. The smallest absolute Gasteiger partial charge is 0.117 e. The second-order valence-electron chi connectivity index (χ2n) is 3.02. The van der Waals surface area contributed by atoms with Crippen molar-refractivity contribution in [3.63, 3.8) is 0 Å². The van der Waals surface area contributed by atoms with Crippen LogP contribution in [0.1, 0.15) is 31.7 Å². The quantitative estimate of drug-likeness (QED) is 0.745. The minimum atomic E-state index is 0.229. The Kier molecular flexibility index (Phi) is 2.99. The van der Waals surface area contributed by atoms with Gasteiger partial charge in [0.25, 0.3) is 0 Å². The molecule has 0 fully saturated rings. The SMILES string of the molecule is CCC(C)c1ccc(O)cc1Cl. The van der Waals surface area contributed by atoms with Gasteiger partial charge in [-0.1, -0.05) is 31.5 Å². The van der Waals surface area contributed by atoms with Crippen molar-refractivity contribution in [1.82, 2.24) is 0 Å². The summed E-state index contributed by atoms with van der Waals surface area (Å²) in [5, 5.41) is 9.76. The van der Waals surface area contributed by atoms with E-state index in [2.05, 4.69) is 13.8 Å². The van der Waals surface area contributed by atoms with Crippen LogP contribution in [0.2, 0.25) is 5.02 Å². The summed E-state index contributed by atoms with van der Waals surface area (Å²) in [5.74, 6) is 0.685. The first kappa shape index (κ1) is 9.40. The molecular weight excluding hydrogens is 172 g/mol. The third-order valence-electron chi connectivity index (χ3n) is 2.13. The lowest BCUT2D eigenvalue weighted by Gasteiger charge is -2.10. The predicted octanol–water partition coefficient (Wildman–Crippen LogP) is 3.56. The molecule has 0 aliphatic rings. The van der Waals surface area contributed by atoms with Crippen molar-refractivity contribution < 1.29 is 5.11 Å². The van der Waals surface area contributed by atoms with Crippen molar-refractivity contribution in [2.75, 3.05) is 0 Å². The molecule has 0 spiro atoms. The van der Waals surface area contributed by atoms with Gasteiger partial charge in [0.1, 0.15) is 5.75 Å². The van der Waals surface area contributed by atoms with E-state index in [1.54, 1.807) is 12.1 Å². The third-order valence-corrected chi connectivity index (χ3v) is 2.45. The molecule has 1 N–H and O–H groups in total. The van der Waals surface area contributed by atoms with Gasteiger partial charge in [-0.2, -0.15) is 0 Å². The number of phenolic OH excluding ortho intramolecular Hbond substituents is 1. The van der Waals surface area contributed by atoms with Gasteiger partial charge in [0.2, 0.25) is 0 Å². The summed E-state index contributed by atoms with van der Waals surface area (Å²) in [4.78, 5) is 0. The highest BCUT2D eigenvalue weighted by atomic mass is 35.5. The maximum absolute atomic E-state index is 9.11. The molecular formula is C10H13ClO. The summed E-state index contributed by atoms with van der Waals surface area (Å²) in [5.41, 5.74) is 1.11. The van der Waals surface area contributed by atoms with E-state index >= 15 is 0 Å². The van der Waals surface area contributed by atoms with E-state index in [4.69, 9.17) is 16.7 Å². The van der Waals surface area contributed by atoms with Crippen LogP contribution in [-0.4, -0.2) is 5.11 Å². The van der Waals surface area contributed by atoms with Gasteiger partial charge in [0.05, 0.1) is 0 Å². The maximum Gasteiger partial charge on any atom is 0.117 e. The number of hydrogen-bond acceptors (Lipinski definition) is 1. The molecule has 1 aromatic rings. The minimum Gasteiger partial charge on any atom is -0.508 e. The fourth-order valence-electron chi connectivity index (χ4n) is 1.14. The molecule has 1 atom stereocenters. The Labute approximate surface area is 78.0 Å². The number of hydrogen-bond donors (Lipinski definition) is 1. The number of rotatable bonds is 2. The highest BCUT2D eigenvalue weighted by molar-refractivity contribution is 6.31. The van der Waals surface area contributed by atoms with Gasteiger partial charge in [0, 0.05) is 5.02 Å². The maximum atomic E-state index is 9.11. The normalized spacial score (nSPS) is 12.9. The second kappa shape index (κ2) is 3.81. The van der Waals surface area contributed by atoms with E-state index in [9.17, 15) is 0 Å². The van der Waals surface area contributed by atoms with Gasteiger partial charge in [0.15, 0.2) is 0 Å². The fraction of sp³-hybridized carbons (Fsp3) is 0.400. The Morgan fingerprint density at radius 2 is 2.17 bits per heavy atom. The summed E-state index contributed by atoms with van der Waals surface area (Å²) in [6, 6.07) is 5.14. The Hall–Kier alpha value is -0.690. The molecule has 0 saturated heterocycles. The highest BCUT2D eigenvalue weighted by Crippen LogP contribution is 2.29. The Morgan fingerprint density at radius 3 is 2.67 bits per heavy atom. The molecule has 1 nitrogen and oxygen atoms in total. The molecule has 1 unspecified atom stereocenters. The van der Waals surface area contributed by atoms with Crippen LogP contribution < -0.4 is 0 Å². The van der Waals surface area contributed by atoms with E-state index < -0.39 is 0 Å². The van der Waals surface area contributed by atoms with E-state index in [-0.39, 0.29) is 5.75 Å². The number of halogens is 1. The summed E-state index contributed by atoms with van der Waals surface area (Å²) in [6.07, 6.45) is 1.06. The molecule has 0 saturated carbocycles. The summed E-state index contributed by atoms with van der Waals surface area (Å²) >= 11 is 5.94. The lowest BCUT2D eigenvalue weighted by molar-refractivity contribution is 0.475. The fourth-order valence-corrected chi connectivity index (χ4v) is 1.50. The van der Waals surface area contributed by atoms with Gasteiger partial charge in [-0.05, 0) is 30.0 Å². The van der Waals surface area contributed by atoms with Crippen molar-refractivity contribution in [3.05, 3.63) is 28.8 Å². The molecule has 0 aromatic heterocycles.